The Labute approximate surface area is 130 Å². The van der Waals surface area contributed by atoms with E-state index in [2.05, 4.69) is 63.8 Å². The summed E-state index contributed by atoms with van der Waals surface area (Å²) in [6.07, 6.45) is 2.53. The van der Waals surface area contributed by atoms with Crippen molar-refractivity contribution in [3.05, 3.63) is 35.4 Å². The molecule has 2 rings (SSSR count). The molecule has 0 bridgehead atoms. The van der Waals surface area contributed by atoms with Gasteiger partial charge in [-0.25, -0.2) is 0 Å². The third-order valence-electron chi connectivity index (χ3n) is 5.05. The second kappa shape index (κ2) is 6.50. The standard InChI is InChI=1S/C19H32N2/c1-14-10-11-21(18(12-14)13-20)15(2)16-6-8-17(9-7-16)19(3,4)5/h6-9,14-15,18H,10-13,20H2,1-5H3. The number of benzene rings is 1. The lowest BCUT2D eigenvalue weighted by Crippen LogP contribution is -2.47. The van der Waals surface area contributed by atoms with Crippen LogP contribution in [0.2, 0.25) is 0 Å². The number of hydrogen-bond donors (Lipinski definition) is 1. The molecule has 3 unspecified atom stereocenters. The monoisotopic (exact) mass is 288 g/mol. The summed E-state index contributed by atoms with van der Waals surface area (Å²) < 4.78 is 0. The van der Waals surface area contributed by atoms with Crippen LogP contribution in [0.25, 0.3) is 0 Å². The van der Waals surface area contributed by atoms with Gasteiger partial charge in [0.05, 0.1) is 0 Å². The zero-order valence-corrected chi connectivity index (χ0v) is 14.4. The van der Waals surface area contributed by atoms with Gasteiger partial charge in [0, 0.05) is 18.6 Å². The van der Waals surface area contributed by atoms with Crippen LogP contribution >= 0.6 is 0 Å². The number of nitrogens with zero attached hydrogens (tertiary/aromatic N) is 1. The Bertz CT molecular complexity index is 444. The first-order valence-electron chi connectivity index (χ1n) is 8.39. The average Bonchev–Trinajstić information content (AvgIpc) is 2.45. The zero-order chi connectivity index (χ0) is 15.6. The van der Waals surface area contributed by atoms with Gasteiger partial charge in [-0.3, -0.25) is 4.90 Å². The van der Waals surface area contributed by atoms with Gasteiger partial charge in [-0.1, -0.05) is 52.0 Å². The fourth-order valence-corrected chi connectivity index (χ4v) is 3.46. The minimum absolute atomic E-state index is 0.224. The SMILES string of the molecule is CC1CCN(C(C)c2ccc(C(C)(C)C)cc2)C(CN)C1. The minimum atomic E-state index is 0.224. The highest BCUT2D eigenvalue weighted by Crippen LogP contribution is 2.31. The molecule has 0 radical (unpaired) electrons. The van der Waals surface area contributed by atoms with E-state index in [1.54, 1.807) is 0 Å². The van der Waals surface area contributed by atoms with Gasteiger partial charge in [0.15, 0.2) is 0 Å². The van der Waals surface area contributed by atoms with Crippen LogP contribution in [0.15, 0.2) is 24.3 Å². The van der Waals surface area contributed by atoms with E-state index in [4.69, 9.17) is 5.73 Å². The molecule has 1 aromatic rings. The van der Waals surface area contributed by atoms with E-state index in [0.29, 0.717) is 12.1 Å². The molecule has 1 aliphatic rings. The maximum Gasteiger partial charge on any atom is 0.0323 e. The Morgan fingerprint density at radius 2 is 1.86 bits per heavy atom. The van der Waals surface area contributed by atoms with Crippen molar-refractivity contribution in [3.63, 3.8) is 0 Å². The average molecular weight is 288 g/mol. The fraction of sp³-hybridized carbons (Fsp3) is 0.684. The van der Waals surface area contributed by atoms with Crippen LogP contribution in [0.5, 0.6) is 0 Å². The van der Waals surface area contributed by atoms with Crippen molar-refractivity contribution >= 4 is 0 Å². The van der Waals surface area contributed by atoms with Crippen molar-refractivity contribution in [1.82, 2.24) is 4.90 Å². The summed E-state index contributed by atoms with van der Waals surface area (Å²) in [4.78, 5) is 2.60. The minimum Gasteiger partial charge on any atom is -0.329 e. The number of nitrogens with two attached hydrogens (primary N) is 1. The molecule has 0 spiro atoms. The Hall–Kier alpha value is -0.860. The first kappa shape index (κ1) is 16.5. The topological polar surface area (TPSA) is 29.3 Å². The van der Waals surface area contributed by atoms with Crippen molar-refractivity contribution in [2.24, 2.45) is 11.7 Å². The number of piperidine rings is 1. The van der Waals surface area contributed by atoms with E-state index in [0.717, 1.165) is 12.5 Å². The molecule has 2 heteroatoms. The summed E-state index contributed by atoms with van der Waals surface area (Å²) in [6, 6.07) is 10.2. The third-order valence-corrected chi connectivity index (χ3v) is 5.05. The summed E-state index contributed by atoms with van der Waals surface area (Å²) >= 11 is 0. The van der Waals surface area contributed by atoms with Gasteiger partial charge >= 0.3 is 0 Å². The molecule has 0 amide bonds. The lowest BCUT2D eigenvalue weighted by atomic mass is 9.85. The van der Waals surface area contributed by atoms with Crippen LogP contribution in [-0.2, 0) is 5.41 Å². The van der Waals surface area contributed by atoms with Crippen LogP contribution in [-0.4, -0.2) is 24.0 Å². The predicted molar refractivity (Wildman–Crippen MR) is 91.5 cm³/mol. The zero-order valence-electron chi connectivity index (χ0n) is 14.4. The van der Waals surface area contributed by atoms with Crippen LogP contribution in [0.3, 0.4) is 0 Å². The summed E-state index contributed by atoms with van der Waals surface area (Å²) in [6.45, 7) is 13.4. The molecule has 1 saturated heterocycles. The molecule has 118 valence electrons. The Morgan fingerprint density at radius 1 is 1.24 bits per heavy atom. The van der Waals surface area contributed by atoms with Gasteiger partial charge < -0.3 is 5.73 Å². The summed E-state index contributed by atoms with van der Waals surface area (Å²) in [5, 5.41) is 0. The maximum absolute atomic E-state index is 6.01. The quantitative estimate of drug-likeness (QED) is 0.907. The van der Waals surface area contributed by atoms with Crippen LogP contribution in [0.1, 0.15) is 64.6 Å². The largest absolute Gasteiger partial charge is 0.329 e. The third kappa shape index (κ3) is 3.87. The van der Waals surface area contributed by atoms with E-state index < -0.39 is 0 Å². The first-order chi connectivity index (χ1) is 9.82. The molecule has 1 fully saturated rings. The molecule has 21 heavy (non-hydrogen) atoms. The van der Waals surface area contributed by atoms with Crippen molar-refractivity contribution in [2.75, 3.05) is 13.1 Å². The van der Waals surface area contributed by atoms with Crippen molar-refractivity contribution in [2.45, 2.75) is 65.0 Å². The number of hydrogen-bond acceptors (Lipinski definition) is 2. The predicted octanol–water partition coefficient (Wildman–Crippen LogP) is 4.10. The van der Waals surface area contributed by atoms with E-state index in [9.17, 15) is 0 Å². The molecule has 2 N–H and O–H groups in total. The van der Waals surface area contributed by atoms with E-state index in [-0.39, 0.29) is 5.41 Å². The highest BCUT2D eigenvalue weighted by molar-refractivity contribution is 5.29. The van der Waals surface area contributed by atoms with Gasteiger partial charge in [-0.05, 0) is 48.8 Å². The molecule has 1 aromatic carbocycles. The van der Waals surface area contributed by atoms with E-state index in [1.165, 1.54) is 30.5 Å². The molecule has 0 saturated carbocycles. The molecular weight excluding hydrogens is 256 g/mol. The van der Waals surface area contributed by atoms with Crippen molar-refractivity contribution in [3.8, 4) is 0 Å². The van der Waals surface area contributed by atoms with Crippen LogP contribution in [0, 0.1) is 5.92 Å². The van der Waals surface area contributed by atoms with E-state index in [1.807, 2.05) is 0 Å². The smallest absolute Gasteiger partial charge is 0.0323 e. The highest BCUT2D eigenvalue weighted by atomic mass is 15.2. The molecule has 0 aromatic heterocycles. The summed E-state index contributed by atoms with van der Waals surface area (Å²) in [5.74, 6) is 0.810. The first-order valence-corrected chi connectivity index (χ1v) is 8.39. The molecule has 1 aliphatic heterocycles. The van der Waals surface area contributed by atoms with Gasteiger partial charge in [-0.2, -0.15) is 0 Å². The van der Waals surface area contributed by atoms with Crippen molar-refractivity contribution < 1.29 is 0 Å². The lowest BCUT2D eigenvalue weighted by molar-refractivity contribution is 0.0834. The molecule has 3 atom stereocenters. The highest BCUT2D eigenvalue weighted by Gasteiger charge is 2.29. The fourth-order valence-electron chi connectivity index (χ4n) is 3.46. The van der Waals surface area contributed by atoms with Gasteiger partial charge in [-0.15, -0.1) is 0 Å². The van der Waals surface area contributed by atoms with Gasteiger partial charge in [0.1, 0.15) is 0 Å². The molecular formula is C19H32N2. The Kier molecular flexibility index (Phi) is 5.11. The molecule has 2 nitrogen and oxygen atoms in total. The second-order valence-electron chi connectivity index (χ2n) is 7.80. The molecule has 0 aliphatic carbocycles. The van der Waals surface area contributed by atoms with Gasteiger partial charge in [0.25, 0.3) is 0 Å². The van der Waals surface area contributed by atoms with Crippen LogP contribution in [0.4, 0.5) is 0 Å². The lowest BCUT2D eigenvalue weighted by Gasteiger charge is -2.42. The second-order valence-corrected chi connectivity index (χ2v) is 7.80. The van der Waals surface area contributed by atoms with Crippen LogP contribution < -0.4 is 5.73 Å². The number of rotatable bonds is 3. The summed E-state index contributed by atoms with van der Waals surface area (Å²) in [7, 11) is 0. The Morgan fingerprint density at radius 3 is 2.38 bits per heavy atom. The maximum atomic E-state index is 6.01. The molecule has 1 heterocycles. The normalized spacial score (nSPS) is 25.8. The Balaban J connectivity index is 2.13. The number of likely N-dealkylation sites (tertiary alicyclic amines) is 1. The summed E-state index contributed by atoms with van der Waals surface area (Å²) in [5.41, 5.74) is 9.05. The van der Waals surface area contributed by atoms with E-state index >= 15 is 0 Å². The van der Waals surface area contributed by atoms with Gasteiger partial charge in [0.2, 0.25) is 0 Å². The van der Waals surface area contributed by atoms with Crippen molar-refractivity contribution in [1.29, 1.82) is 0 Å².